The molecule has 0 heterocycles. The van der Waals surface area contributed by atoms with Gasteiger partial charge in [-0.05, 0) is 25.8 Å². The Hall–Kier alpha value is -1.32. The van der Waals surface area contributed by atoms with Crippen molar-refractivity contribution in [2.75, 3.05) is 14.2 Å². The van der Waals surface area contributed by atoms with E-state index in [4.69, 9.17) is 9.47 Å². The molecule has 0 N–H and O–H groups in total. The molecule has 0 radical (unpaired) electrons. The van der Waals surface area contributed by atoms with Gasteiger partial charge in [0.1, 0.15) is 5.54 Å². The van der Waals surface area contributed by atoms with E-state index in [2.05, 4.69) is 20.9 Å². The largest absolute Gasteiger partial charge is 0.493 e. The Balaban J connectivity index is 2.68. The average Bonchev–Trinajstić information content (AvgIpc) is 3.13. The van der Waals surface area contributed by atoms with E-state index < -0.39 is 5.54 Å². The molecule has 0 amide bonds. The molecule has 0 bridgehead atoms. The van der Waals surface area contributed by atoms with Crippen LogP contribution in [0.25, 0.3) is 0 Å². The van der Waals surface area contributed by atoms with E-state index in [1.165, 1.54) is 0 Å². The molecule has 0 atom stereocenters. The lowest BCUT2D eigenvalue weighted by Gasteiger charge is -2.19. The van der Waals surface area contributed by atoms with E-state index in [0.29, 0.717) is 11.5 Å². The first-order chi connectivity index (χ1) is 8.59. The van der Waals surface area contributed by atoms with Gasteiger partial charge < -0.3 is 9.47 Å². The van der Waals surface area contributed by atoms with E-state index in [0.717, 1.165) is 28.4 Å². The lowest BCUT2D eigenvalue weighted by Crippen LogP contribution is -2.07. The number of isocyanates is 1. The molecular formula is C13H14BrNO3. The van der Waals surface area contributed by atoms with Gasteiger partial charge in [0, 0.05) is 15.6 Å². The Kier molecular flexibility index (Phi) is 3.46. The fourth-order valence-corrected chi connectivity index (χ4v) is 2.55. The molecule has 96 valence electrons. The van der Waals surface area contributed by atoms with Crippen molar-refractivity contribution < 1.29 is 14.3 Å². The molecule has 18 heavy (non-hydrogen) atoms. The second-order valence-corrected chi connectivity index (χ2v) is 5.19. The van der Waals surface area contributed by atoms with Crippen molar-refractivity contribution in [3.63, 3.8) is 0 Å². The van der Waals surface area contributed by atoms with Crippen LogP contribution in [-0.4, -0.2) is 20.3 Å². The van der Waals surface area contributed by atoms with Gasteiger partial charge in [0.25, 0.3) is 0 Å². The highest BCUT2D eigenvalue weighted by Gasteiger charge is 2.48. The zero-order valence-corrected chi connectivity index (χ0v) is 12.1. The molecule has 1 aliphatic rings. The lowest BCUT2D eigenvalue weighted by atomic mass is 10.0. The van der Waals surface area contributed by atoms with E-state index in [1.807, 2.05) is 13.0 Å². The van der Waals surface area contributed by atoms with Gasteiger partial charge in [0.2, 0.25) is 6.08 Å². The SMILES string of the molecule is COc1c(C2(N=C=O)CC2)cc(Br)c(C)c1OC. The monoisotopic (exact) mass is 311 g/mol. The Morgan fingerprint density at radius 2 is 1.94 bits per heavy atom. The van der Waals surface area contributed by atoms with Crippen LogP contribution in [0.3, 0.4) is 0 Å². The summed E-state index contributed by atoms with van der Waals surface area (Å²) in [6.45, 7) is 1.94. The highest BCUT2D eigenvalue weighted by molar-refractivity contribution is 9.10. The highest BCUT2D eigenvalue weighted by Crippen LogP contribution is 2.55. The average molecular weight is 312 g/mol. The van der Waals surface area contributed by atoms with Crippen molar-refractivity contribution in [1.29, 1.82) is 0 Å². The van der Waals surface area contributed by atoms with Crippen LogP contribution in [-0.2, 0) is 10.3 Å². The van der Waals surface area contributed by atoms with Gasteiger partial charge in [-0.3, -0.25) is 0 Å². The quantitative estimate of drug-likeness (QED) is 0.634. The minimum atomic E-state index is -0.476. The molecular weight excluding hydrogens is 298 g/mol. The van der Waals surface area contributed by atoms with Crippen LogP contribution in [0.5, 0.6) is 11.5 Å². The summed E-state index contributed by atoms with van der Waals surface area (Å²) in [5.74, 6) is 1.32. The number of hydrogen-bond donors (Lipinski definition) is 0. The van der Waals surface area contributed by atoms with Crippen LogP contribution in [0.2, 0.25) is 0 Å². The Morgan fingerprint density at radius 3 is 2.39 bits per heavy atom. The van der Waals surface area contributed by atoms with Crippen LogP contribution in [0.4, 0.5) is 0 Å². The lowest BCUT2D eigenvalue weighted by molar-refractivity contribution is 0.346. The summed E-state index contributed by atoms with van der Waals surface area (Å²) < 4.78 is 11.8. The first kappa shape index (κ1) is 13.1. The summed E-state index contributed by atoms with van der Waals surface area (Å²) in [5, 5.41) is 0. The minimum Gasteiger partial charge on any atom is -0.493 e. The second kappa shape index (κ2) is 4.75. The van der Waals surface area contributed by atoms with Crippen molar-refractivity contribution in [3.05, 3.63) is 21.7 Å². The van der Waals surface area contributed by atoms with Gasteiger partial charge in [0.05, 0.1) is 14.2 Å². The Bertz CT molecular complexity index is 532. The van der Waals surface area contributed by atoms with Crippen molar-refractivity contribution in [2.24, 2.45) is 4.99 Å². The summed E-state index contributed by atoms with van der Waals surface area (Å²) in [6, 6.07) is 1.95. The molecule has 1 aliphatic carbocycles. The normalized spacial score (nSPS) is 15.8. The zero-order chi connectivity index (χ0) is 13.3. The summed E-state index contributed by atoms with van der Waals surface area (Å²) in [5.41, 5.74) is 1.36. The van der Waals surface area contributed by atoms with Gasteiger partial charge >= 0.3 is 0 Å². The highest BCUT2D eigenvalue weighted by atomic mass is 79.9. The summed E-state index contributed by atoms with van der Waals surface area (Å²) in [7, 11) is 3.19. The molecule has 0 spiro atoms. The van der Waals surface area contributed by atoms with Crippen LogP contribution >= 0.6 is 15.9 Å². The number of nitrogens with zero attached hydrogens (tertiary/aromatic N) is 1. The van der Waals surface area contributed by atoms with E-state index >= 15 is 0 Å². The number of benzene rings is 1. The summed E-state index contributed by atoms with van der Waals surface area (Å²) >= 11 is 3.50. The molecule has 0 unspecified atom stereocenters. The van der Waals surface area contributed by atoms with Gasteiger partial charge in [-0.25, -0.2) is 4.79 Å². The van der Waals surface area contributed by atoms with Crippen molar-refractivity contribution in [1.82, 2.24) is 0 Å². The topological polar surface area (TPSA) is 47.9 Å². The third-order valence-corrected chi connectivity index (χ3v) is 4.14. The maximum absolute atomic E-state index is 10.6. The molecule has 2 rings (SSSR count). The van der Waals surface area contributed by atoms with Gasteiger partial charge in [-0.1, -0.05) is 15.9 Å². The van der Waals surface area contributed by atoms with Crippen LogP contribution < -0.4 is 9.47 Å². The Morgan fingerprint density at radius 1 is 1.33 bits per heavy atom. The maximum Gasteiger partial charge on any atom is 0.235 e. The first-order valence-electron chi connectivity index (χ1n) is 5.60. The number of methoxy groups -OCH3 is 2. The minimum absolute atomic E-state index is 0.476. The molecule has 0 saturated heterocycles. The number of hydrogen-bond acceptors (Lipinski definition) is 4. The molecule has 1 saturated carbocycles. The van der Waals surface area contributed by atoms with Crippen LogP contribution in [0.1, 0.15) is 24.0 Å². The number of rotatable bonds is 4. The van der Waals surface area contributed by atoms with E-state index in [1.54, 1.807) is 20.3 Å². The fraction of sp³-hybridized carbons (Fsp3) is 0.462. The molecule has 1 aromatic rings. The van der Waals surface area contributed by atoms with Crippen molar-refractivity contribution >= 4 is 22.0 Å². The number of carbonyl (C=O) groups excluding carboxylic acids is 1. The van der Waals surface area contributed by atoms with Gasteiger partial charge in [-0.15, -0.1) is 0 Å². The predicted octanol–water partition coefficient (Wildman–Crippen LogP) is 3.10. The van der Waals surface area contributed by atoms with E-state index in [-0.39, 0.29) is 0 Å². The number of halogens is 1. The molecule has 5 heteroatoms. The van der Waals surface area contributed by atoms with Crippen LogP contribution in [0.15, 0.2) is 15.5 Å². The predicted molar refractivity (Wildman–Crippen MR) is 71.0 cm³/mol. The van der Waals surface area contributed by atoms with E-state index in [9.17, 15) is 4.79 Å². The second-order valence-electron chi connectivity index (χ2n) is 4.33. The number of aliphatic imine (C=N–C) groups is 1. The standard InChI is InChI=1S/C13H14BrNO3/c1-8-10(14)6-9(12(18-3)11(8)17-2)13(4-5-13)15-7-16/h6H,4-5H2,1-3H3. The molecule has 1 fully saturated rings. The third-order valence-electron chi connectivity index (χ3n) is 3.31. The maximum atomic E-state index is 10.6. The molecule has 0 aliphatic heterocycles. The smallest absolute Gasteiger partial charge is 0.235 e. The van der Waals surface area contributed by atoms with Crippen LogP contribution in [0, 0.1) is 6.92 Å². The summed E-state index contributed by atoms with van der Waals surface area (Å²) in [4.78, 5) is 14.5. The number of ether oxygens (including phenoxy) is 2. The zero-order valence-electron chi connectivity index (χ0n) is 10.5. The Labute approximate surface area is 114 Å². The van der Waals surface area contributed by atoms with Gasteiger partial charge in [0.15, 0.2) is 11.5 Å². The molecule has 1 aromatic carbocycles. The van der Waals surface area contributed by atoms with Gasteiger partial charge in [-0.2, -0.15) is 4.99 Å². The third kappa shape index (κ3) is 1.93. The molecule has 4 nitrogen and oxygen atoms in total. The summed E-state index contributed by atoms with van der Waals surface area (Å²) in [6.07, 6.45) is 3.32. The molecule has 0 aromatic heterocycles. The van der Waals surface area contributed by atoms with Crippen molar-refractivity contribution in [3.8, 4) is 11.5 Å². The fourth-order valence-electron chi connectivity index (χ4n) is 2.14. The first-order valence-corrected chi connectivity index (χ1v) is 6.39. The van der Waals surface area contributed by atoms with Crippen molar-refractivity contribution in [2.45, 2.75) is 25.3 Å².